The molecule has 0 aliphatic carbocycles. The molecule has 0 aliphatic rings. The van der Waals surface area contributed by atoms with Gasteiger partial charge in [-0.2, -0.15) is 0 Å². The lowest BCUT2D eigenvalue weighted by Gasteiger charge is -2.07. The highest BCUT2D eigenvalue weighted by molar-refractivity contribution is 9.10. The van der Waals surface area contributed by atoms with E-state index in [1.165, 1.54) is 10.9 Å². The van der Waals surface area contributed by atoms with Crippen LogP contribution in [0.5, 0.6) is 0 Å². The van der Waals surface area contributed by atoms with Crippen LogP contribution < -0.4 is 5.32 Å². The van der Waals surface area contributed by atoms with Crippen molar-refractivity contribution in [3.63, 3.8) is 0 Å². The van der Waals surface area contributed by atoms with Gasteiger partial charge in [0.05, 0.1) is 11.2 Å². The SMILES string of the molecule is Brc1ccc(CNCCc2cccc3cccnc23)nc1. The number of para-hydroxylation sites is 1. The van der Waals surface area contributed by atoms with Crippen LogP contribution in [0.15, 0.2) is 59.3 Å². The molecule has 1 N–H and O–H groups in total. The maximum absolute atomic E-state index is 4.48. The van der Waals surface area contributed by atoms with Gasteiger partial charge in [0.25, 0.3) is 0 Å². The number of pyridine rings is 2. The minimum Gasteiger partial charge on any atom is -0.311 e. The summed E-state index contributed by atoms with van der Waals surface area (Å²) in [7, 11) is 0. The second-order valence-electron chi connectivity index (χ2n) is 4.89. The molecule has 0 saturated carbocycles. The molecule has 1 aromatic carbocycles. The molecule has 0 bridgehead atoms. The van der Waals surface area contributed by atoms with Crippen LogP contribution in [0, 0.1) is 0 Å². The van der Waals surface area contributed by atoms with Crippen molar-refractivity contribution >= 4 is 26.8 Å². The van der Waals surface area contributed by atoms with Crippen LogP contribution >= 0.6 is 15.9 Å². The number of halogens is 1. The lowest BCUT2D eigenvalue weighted by Crippen LogP contribution is -2.17. The molecule has 2 heterocycles. The normalized spacial score (nSPS) is 10.9. The molecule has 0 amide bonds. The number of rotatable bonds is 5. The fourth-order valence-corrected chi connectivity index (χ4v) is 2.55. The third-order valence-corrected chi connectivity index (χ3v) is 3.85. The number of aromatic nitrogens is 2. The van der Waals surface area contributed by atoms with E-state index in [0.717, 1.165) is 35.2 Å². The van der Waals surface area contributed by atoms with Gasteiger partial charge in [0.1, 0.15) is 0 Å². The second kappa shape index (κ2) is 6.78. The van der Waals surface area contributed by atoms with E-state index in [4.69, 9.17) is 0 Å². The maximum atomic E-state index is 4.48. The zero-order chi connectivity index (χ0) is 14.5. The molecule has 21 heavy (non-hydrogen) atoms. The van der Waals surface area contributed by atoms with E-state index in [1.807, 2.05) is 30.6 Å². The van der Waals surface area contributed by atoms with Crippen LogP contribution in [0.1, 0.15) is 11.3 Å². The van der Waals surface area contributed by atoms with Gasteiger partial charge in [-0.25, -0.2) is 0 Å². The van der Waals surface area contributed by atoms with Crippen molar-refractivity contribution in [2.24, 2.45) is 0 Å². The highest BCUT2D eigenvalue weighted by atomic mass is 79.9. The van der Waals surface area contributed by atoms with Gasteiger partial charge in [0.15, 0.2) is 0 Å². The number of benzene rings is 1. The van der Waals surface area contributed by atoms with Crippen molar-refractivity contribution in [1.29, 1.82) is 0 Å². The Balaban J connectivity index is 1.58. The van der Waals surface area contributed by atoms with Crippen LogP contribution in [0.4, 0.5) is 0 Å². The quantitative estimate of drug-likeness (QED) is 0.718. The summed E-state index contributed by atoms with van der Waals surface area (Å²) in [5.41, 5.74) is 3.43. The summed E-state index contributed by atoms with van der Waals surface area (Å²) in [5.74, 6) is 0. The van der Waals surface area contributed by atoms with Crippen LogP contribution in [0.2, 0.25) is 0 Å². The Hall–Kier alpha value is -1.78. The molecule has 3 aromatic rings. The topological polar surface area (TPSA) is 37.8 Å². The highest BCUT2D eigenvalue weighted by Gasteiger charge is 2.01. The van der Waals surface area contributed by atoms with Gasteiger partial charge in [-0.05, 0) is 52.7 Å². The lowest BCUT2D eigenvalue weighted by molar-refractivity contribution is 0.675. The average molecular weight is 342 g/mol. The Morgan fingerprint density at radius 3 is 2.76 bits per heavy atom. The van der Waals surface area contributed by atoms with E-state index < -0.39 is 0 Å². The molecule has 4 heteroatoms. The summed E-state index contributed by atoms with van der Waals surface area (Å²) in [6, 6.07) is 14.5. The van der Waals surface area contributed by atoms with E-state index in [9.17, 15) is 0 Å². The summed E-state index contributed by atoms with van der Waals surface area (Å²) in [5, 5.41) is 4.63. The molecule has 106 valence electrons. The zero-order valence-electron chi connectivity index (χ0n) is 11.6. The third kappa shape index (κ3) is 3.65. The number of hydrogen-bond donors (Lipinski definition) is 1. The monoisotopic (exact) mass is 341 g/mol. The number of nitrogens with one attached hydrogen (secondary N) is 1. The van der Waals surface area contributed by atoms with Gasteiger partial charge in [-0.1, -0.05) is 24.3 Å². The first kappa shape index (κ1) is 14.2. The Morgan fingerprint density at radius 1 is 1.00 bits per heavy atom. The van der Waals surface area contributed by atoms with Crippen LogP contribution in [-0.4, -0.2) is 16.5 Å². The second-order valence-corrected chi connectivity index (χ2v) is 5.80. The zero-order valence-corrected chi connectivity index (χ0v) is 13.2. The van der Waals surface area contributed by atoms with Gasteiger partial charge in [0, 0.05) is 28.8 Å². The average Bonchev–Trinajstić information content (AvgIpc) is 2.53. The van der Waals surface area contributed by atoms with E-state index in [-0.39, 0.29) is 0 Å². The predicted molar refractivity (Wildman–Crippen MR) is 89.1 cm³/mol. The fraction of sp³-hybridized carbons (Fsp3) is 0.176. The molecular formula is C17H16BrN3. The first-order valence-electron chi connectivity index (χ1n) is 6.97. The molecule has 3 nitrogen and oxygen atoms in total. The largest absolute Gasteiger partial charge is 0.311 e. The van der Waals surface area contributed by atoms with Gasteiger partial charge in [-0.3, -0.25) is 9.97 Å². The van der Waals surface area contributed by atoms with Crippen LogP contribution in [0.3, 0.4) is 0 Å². The molecule has 3 rings (SSSR count). The Bertz CT molecular complexity index is 720. The van der Waals surface area contributed by atoms with Gasteiger partial charge in [-0.15, -0.1) is 0 Å². The molecule has 0 saturated heterocycles. The summed E-state index contributed by atoms with van der Waals surface area (Å²) in [4.78, 5) is 8.83. The maximum Gasteiger partial charge on any atom is 0.0734 e. The molecule has 0 fully saturated rings. The number of hydrogen-bond acceptors (Lipinski definition) is 3. The molecular weight excluding hydrogens is 326 g/mol. The van der Waals surface area contributed by atoms with Crippen molar-refractivity contribution in [1.82, 2.24) is 15.3 Å². The summed E-state index contributed by atoms with van der Waals surface area (Å²) in [6.07, 6.45) is 4.64. The molecule has 0 atom stereocenters. The molecule has 0 aliphatic heterocycles. The van der Waals surface area contributed by atoms with Gasteiger partial charge < -0.3 is 5.32 Å². The minimum atomic E-state index is 0.783. The third-order valence-electron chi connectivity index (χ3n) is 3.38. The van der Waals surface area contributed by atoms with E-state index in [0.29, 0.717) is 0 Å². The molecule has 0 unspecified atom stereocenters. The highest BCUT2D eigenvalue weighted by Crippen LogP contribution is 2.16. The minimum absolute atomic E-state index is 0.783. The van der Waals surface area contributed by atoms with Gasteiger partial charge in [0.2, 0.25) is 0 Å². The standard InChI is InChI=1S/C17H16BrN3/c18-15-6-7-16(21-11-15)12-19-10-8-14-4-1-3-13-5-2-9-20-17(13)14/h1-7,9,11,19H,8,10,12H2. The van der Waals surface area contributed by atoms with Crippen LogP contribution in [-0.2, 0) is 13.0 Å². The first-order chi connectivity index (χ1) is 10.3. The van der Waals surface area contributed by atoms with E-state index in [1.54, 1.807) is 0 Å². The van der Waals surface area contributed by atoms with E-state index >= 15 is 0 Å². The fourth-order valence-electron chi connectivity index (χ4n) is 2.32. The van der Waals surface area contributed by atoms with Crippen molar-refractivity contribution in [3.8, 4) is 0 Å². The summed E-state index contributed by atoms with van der Waals surface area (Å²) < 4.78 is 1.01. The molecule has 2 aromatic heterocycles. The number of fused-ring (bicyclic) bond motifs is 1. The van der Waals surface area contributed by atoms with Crippen molar-refractivity contribution in [2.75, 3.05) is 6.54 Å². The van der Waals surface area contributed by atoms with E-state index in [2.05, 4.69) is 55.5 Å². The molecule has 0 radical (unpaired) electrons. The number of nitrogens with zero attached hydrogens (tertiary/aromatic N) is 2. The van der Waals surface area contributed by atoms with Crippen molar-refractivity contribution in [2.45, 2.75) is 13.0 Å². The lowest BCUT2D eigenvalue weighted by atomic mass is 10.1. The molecule has 0 spiro atoms. The summed E-state index contributed by atoms with van der Waals surface area (Å²) in [6.45, 7) is 1.69. The van der Waals surface area contributed by atoms with Crippen molar-refractivity contribution in [3.05, 3.63) is 70.6 Å². The first-order valence-corrected chi connectivity index (χ1v) is 7.76. The Morgan fingerprint density at radius 2 is 1.90 bits per heavy atom. The predicted octanol–water partition coefficient (Wildman–Crippen LogP) is 3.72. The Labute approximate surface area is 132 Å². The summed E-state index contributed by atoms with van der Waals surface area (Å²) >= 11 is 3.39. The Kier molecular flexibility index (Phi) is 4.58. The van der Waals surface area contributed by atoms with Gasteiger partial charge >= 0.3 is 0 Å². The van der Waals surface area contributed by atoms with Crippen molar-refractivity contribution < 1.29 is 0 Å². The van der Waals surface area contributed by atoms with Crippen LogP contribution in [0.25, 0.3) is 10.9 Å². The smallest absolute Gasteiger partial charge is 0.0734 e.